The van der Waals surface area contributed by atoms with E-state index in [1.165, 1.54) is 144 Å². The molecule has 4 saturated carbocycles. The van der Waals surface area contributed by atoms with Gasteiger partial charge >= 0.3 is 23.9 Å². The van der Waals surface area contributed by atoms with Gasteiger partial charge in [-0.1, -0.05) is 74.5 Å². The highest BCUT2D eigenvalue weighted by Gasteiger charge is 2.36. The number of ketones is 5. The number of aromatic nitrogens is 12. The number of carbonyl (C=O) groups excluding carboxylic acids is 7. The number of nitrogens with zero attached hydrogens (tertiary/aromatic N) is 12. The van der Waals surface area contributed by atoms with Crippen molar-refractivity contribution >= 4 is 115 Å². The summed E-state index contributed by atoms with van der Waals surface area (Å²) in [6, 6.07) is 37.0. The lowest BCUT2D eigenvalue weighted by molar-refractivity contribution is -0.159. The average molecular weight is 2130 g/mol. The van der Waals surface area contributed by atoms with Crippen LogP contribution < -0.4 is 41.2 Å². The van der Waals surface area contributed by atoms with Crippen molar-refractivity contribution in [3.05, 3.63) is 313 Å². The fourth-order valence-electron chi connectivity index (χ4n) is 16.3. The van der Waals surface area contributed by atoms with Crippen LogP contribution in [-0.2, 0) is 66.2 Å². The fraction of sp³-hybridized carbons (Fsp3) is 0.343. The number of esters is 2. The Hall–Kier alpha value is -14.2. The number of aromatic carboxylic acids is 1. The highest BCUT2D eigenvalue weighted by atomic mass is 79.9. The number of carbonyl (C=O) groups is 9. The molecule has 764 valence electrons. The van der Waals surface area contributed by atoms with Gasteiger partial charge in [0.15, 0.2) is 28.9 Å². The van der Waals surface area contributed by atoms with E-state index in [-0.39, 0.29) is 72.5 Å². The first-order chi connectivity index (χ1) is 69.3. The van der Waals surface area contributed by atoms with Gasteiger partial charge in [0.2, 0.25) is 0 Å². The second kappa shape index (κ2) is 47.3. The number of aliphatic carboxylic acids is 1. The molecule has 17 rings (SSSR count). The monoisotopic (exact) mass is 2130 g/mol. The summed E-state index contributed by atoms with van der Waals surface area (Å²) < 4.78 is 45.7. The van der Waals surface area contributed by atoms with Gasteiger partial charge in [0, 0.05) is 145 Å². The van der Waals surface area contributed by atoms with E-state index in [1.54, 1.807) is 133 Å². The van der Waals surface area contributed by atoms with E-state index in [4.69, 9.17) is 74.8 Å². The molecule has 0 saturated heterocycles. The lowest BCUT2D eigenvalue weighted by Gasteiger charge is -2.25. The van der Waals surface area contributed by atoms with Crippen LogP contribution in [0.15, 0.2) is 214 Å². The molecule has 3 atom stereocenters. The molecule has 33 nitrogen and oxygen atoms in total. The Bertz CT molecular complexity index is 7380. The van der Waals surface area contributed by atoms with Crippen molar-refractivity contribution in [2.45, 2.75) is 212 Å². The number of methoxy groups -OCH3 is 4. The molecule has 4 aliphatic carbocycles. The van der Waals surface area contributed by atoms with Crippen LogP contribution in [0.3, 0.4) is 0 Å². The zero-order valence-electron chi connectivity index (χ0n) is 82.8. The van der Waals surface area contributed by atoms with Crippen molar-refractivity contribution in [3.63, 3.8) is 0 Å². The second-order valence-corrected chi connectivity index (χ2v) is 40.0. The first-order valence-corrected chi connectivity index (χ1v) is 49.6. The average Bonchev–Trinajstić information content (AvgIpc) is 1.01. The summed E-state index contributed by atoms with van der Waals surface area (Å²) in [6.45, 7) is 16.1. The third-order valence-corrected chi connectivity index (χ3v) is 25.5. The summed E-state index contributed by atoms with van der Waals surface area (Å²) in [5.74, 6) is -3.09. The molecule has 2 N–H and O–H groups in total. The highest BCUT2D eigenvalue weighted by Crippen LogP contribution is 2.43. The third-order valence-electron chi connectivity index (χ3n) is 24.0. The largest absolute Gasteiger partial charge is 0.495 e. The Balaban J connectivity index is 0.000000159. The van der Waals surface area contributed by atoms with Crippen molar-refractivity contribution in [2.75, 3.05) is 28.4 Å². The molecule has 8 aromatic heterocycles. The van der Waals surface area contributed by atoms with E-state index >= 15 is 0 Å². The summed E-state index contributed by atoms with van der Waals surface area (Å²) in [7, 11) is 5.77. The van der Waals surface area contributed by atoms with Crippen molar-refractivity contribution in [2.24, 2.45) is 0 Å². The molecule has 0 amide bonds. The van der Waals surface area contributed by atoms with Gasteiger partial charge in [-0.25, -0.2) is 14.4 Å². The predicted octanol–water partition coefficient (Wildman–Crippen LogP) is 19.9. The Morgan fingerprint density at radius 2 is 0.685 bits per heavy atom. The van der Waals surface area contributed by atoms with E-state index in [1.807, 2.05) is 44.8 Å². The normalized spacial score (nSPS) is 13.7. The molecule has 38 heteroatoms. The van der Waals surface area contributed by atoms with Gasteiger partial charge in [0.1, 0.15) is 58.9 Å². The van der Waals surface area contributed by atoms with Gasteiger partial charge < -0.3 is 47.8 Å². The van der Waals surface area contributed by atoms with Gasteiger partial charge in [-0.3, -0.25) is 75.8 Å². The summed E-state index contributed by atoms with van der Waals surface area (Å²) in [5, 5.41) is 39.6. The molecule has 0 bridgehead atoms. The summed E-state index contributed by atoms with van der Waals surface area (Å²) in [6.07, 6.45) is 22.8. The lowest BCUT2D eigenvalue weighted by Crippen LogP contribution is -2.36. The maximum absolute atomic E-state index is 13.8. The molecule has 3 unspecified atom stereocenters. The molecular formula is C108H111BrCl4N12O21. The Morgan fingerprint density at radius 3 is 0.986 bits per heavy atom. The molecule has 5 aromatic carbocycles. The number of carboxylic acids is 2. The smallest absolute Gasteiger partial charge is 0.335 e. The molecule has 0 radical (unpaired) electrons. The van der Waals surface area contributed by atoms with E-state index in [2.05, 4.69) is 53.3 Å². The zero-order chi connectivity index (χ0) is 106. The van der Waals surface area contributed by atoms with E-state index in [0.29, 0.717) is 151 Å². The maximum Gasteiger partial charge on any atom is 0.335 e. The van der Waals surface area contributed by atoms with Crippen LogP contribution >= 0.6 is 62.3 Å². The first-order valence-electron chi connectivity index (χ1n) is 47.0. The molecule has 0 aliphatic heterocycles. The zero-order valence-corrected chi connectivity index (χ0v) is 87.4. The van der Waals surface area contributed by atoms with Crippen LogP contribution in [0.2, 0.25) is 20.1 Å². The van der Waals surface area contributed by atoms with E-state index < -0.39 is 75.4 Å². The molecule has 0 spiro atoms. The van der Waals surface area contributed by atoms with Gasteiger partial charge in [-0.05, 0) is 258 Å². The summed E-state index contributed by atoms with van der Waals surface area (Å²) in [5.41, 5.74) is 5.59. The van der Waals surface area contributed by atoms with Crippen LogP contribution in [0, 0.1) is 0 Å². The minimum atomic E-state index is -1.17. The highest BCUT2D eigenvalue weighted by molar-refractivity contribution is 9.08. The maximum atomic E-state index is 13.8. The number of rotatable bonds is 34. The SMILES string of the molecule is BrCc1ccn(C2CC2)n1.COc1cn(C(Cc2ccn(C3CC3)n2)C(=O)Cc2ccc(C(=O)O)cc2)c(=O)cc1-c1cc(Cl)ccc1C(C)=O.COc1cn(C(Cc2ccn(C3CC3)n2)C(=O)O)c(=O)cc1-c1cc(Cl)ccc1C(C)=O.COc1cn(C(Cc2ccn(C3CC3)n2)C(=O)OC(C)(C)C)c(=O)cc1-c1cc(Cl)ccc1C(C)=O.COc1cn(CC(=O)OC(C)(C)C)c(=O)cc1-c1cc(Cl)ccc1C(C)=O. The number of benzene rings is 5. The number of pyridine rings is 4. The number of hydrogen-bond acceptors (Lipinski definition) is 23. The first kappa shape index (κ1) is 109. The number of hydrogen-bond donors (Lipinski definition) is 2. The Labute approximate surface area is 869 Å². The minimum Gasteiger partial charge on any atom is -0.495 e. The number of halogens is 5. The number of Topliss-reactive ketones (excluding diaryl/α,β-unsaturated/α-hetero) is 5. The molecule has 13 aromatic rings. The van der Waals surface area contributed by atoms with Gasteiger partial charge in [-0.15, -0.1) is 0 Å². The molecule has 8 heterocycles. The van der Waals surface area contributed by atoms with Crippen molar-refractivity contribution in [1.82, 2.24) is 57.4 Å². The standard InChI is InChI=1S/C31H28ClN3O6.C27H30ClN3O5.C23H22ClN3O5.C20H22ClNO5.C7H9BrN2/c1-18(36)24-10-7-21(32)14-25(24)26-16-30(38)34(17-29(26)41-2)27(15-22-11-12-35(33-22)23-8-9-23)28(37)13-19-3-5-20(6-4-19)31(39)40;1-16(32)20-9-6-17(28)12-21(20)22-14-25(33)30(15-24(22)35-5)23(26(34)36-27(2,3)4)13-18-10-11-31(29-18)19-7-8-19;1-13(28)17-6-3-14(24)9-18(17)19-11-22(29)26(12-21(19)32-2)20(23(30)31)10-15-7-8-27(25-15)16-4-5-16;1-12(23)14-7-6-13(21)8-15(14)16-9-18(24)22(10-17(16)26-5)11-19(25)27-20(2,3)4;8-5-6-3-4-10(9-6)7-1-2-7/h3-7,10-12,14,16-17,23,27H,8-9,13,15H2,1-2H3,(H,39,40);6,9-12,14-15,19,23H,7-8,13H2,1-5H3;3,6-9,11-12,16,20H,4-5,10H2,1-2H3,(H,30,31);6-10H,11H2,1-5H3;3-4,7H,1-2,5H2. The van der Waals surface area contributed by atoms with Gasteiger partial charge in [0.25, 0.3) is 22.2 Å². The second-order valence-electron chi connectivity index (χ2n) is 37.7. The Kier molecular flexibility index (Phi) is 35.4. The summed E-state index contributed by atoms with van der Waals surface area (Å²) in [4.78, 5) is 164. The minimum absolute atomic E-state index is 0.0207. The fourth-order valence-corrected chi connectivity index (χ4v) is 17.3. The van der Waals surface area contributed by atoms with Crippen LogP contribution in [0.4, 0.5) is 0 Å². The van der Waals surface area contributed by atoms with Crippen LogP contribution in [0.1, 0.15) is 243 Å². The molecule has 146 heavy (non-hydrogen) atoms. The van der Waals surface area contributed by atoms with Crippen molar-refractivity contribution in [1.29, 1.82) is 0 Å². The number of alkyl halides is 1. The van der Waals surface area contributed by atoms with E-state index in [9.17, 15) is 72.5 Å². The van der Waals surface area contributed by atoms with E-state index in [0.717, 1.165) is 54.1 Å². The third kappa shape index (κ3) is 28.3. The van der Waals surface area contributed by atoms with Crippen LogP contribution in [-0.4, -0.2) is 160 Å². The predicted molar refractivity (Wildman–Crippen MR) is 555 cm³/mol. The molecule has 4 fully saturated rings. The Morgan fingerprint density at radius 1 is 0.384 bits per heavy atom. The van der Waals surface area contributed by atoms with Gasteiger partial charge in [0.05, 0.1) is 106 Å². The van der Waals surface area contributed by atoms with Crippen LogP contribution in [0.25, 0.3) is 44.5 Å². The lowest BCUT2D eigenvalue weighted by atomic mass is 9.96. The topological polar surface area (TPSA) is 409 Å². The number of carboxylic acid groups (broad SMARTS) is 2. The van der Waals surface area contributed by atoms with Gasteiger partial charge in [-0.2, -0.15) is 20.4 Å². The molecule has 4 aliphatic rings. The number of ether oxygens (including phenoxy) is 6. The van der Waals surface area contributed by atoms with Crippen LogP contribution in [0.5, 0.6) is 23.0 Å². The van der Waals surface area contributed by atoms with Crippen molar-refractivity contribution < 1.29 is 81.8 Å². The van der Waals surface area contributed by atoms with Crippen molar-refractivity contribution in [3.8, 4) is 67.5 Å². The summed E-state index contributed by atoms with van der Waals surface area (Å²) >= 11 is 28.0. The molecular weight excluding hydrogens is 2020 g/mol. The quantitative estimate of drug-likeness (QED) is 0.0215.